The first-order valence-corrected chi connectivity index (χ1v) is 12.7. The number of carbonyl (C=O) groups excluding carboxylic acids is 2. The van der Waals surface area contributed by atoms with E-state index in [4.69, 9.17) is 0 Å². The molecule has 2 atom stereocenters. The molecule has 2 amide bonds. The van der Waals surface area contributed by atoms with Crippen LogP contribution >= 0.6 is 0 Å². The van der Waals surface area contributed by atoms with Gasteiger partial charge in [0.1, 0.15) is 11.9 Å². The summed E-state index contributed by atoms with van der Waals surface area (Å²) < 4.78 is 0. The Bertz CT molecular complexity index is 1420. The summed E-state index contributed by atoms with van der Waals surface area (Å²) in [7, 11) is 0. The van der Waals surface area contributed by atoms with Crippen LogP contribution in [0.3, 0.4) is 0 Å². The van der Waals surface area contributed by atoms with Crippen LogP contribution in [0, 0.1) is 12.8 Å². The summed E-state index contributed by atoms with van der Waals surface area (Å²) in [4.78, 5) is 48.6. The van der Waals surface area contributed by atoms with Crippen LogP contribution in [0.15, 0.2) is 60.8 Å². The van der Waals surface area contributed by atoms with Crippen molar-refractivity contribution in [1.29, 1.82) is 0 Å². The van der Waals surface area contributed by atoms with Crippen LogP contribution in [0.4, 0.5) is 0 Å². The second-order valence-corrected chi connectivity index (χ2v) is 9.94. The van der Waals surface area contributed by atoms with Crippen LogP contribution in [0.2, 0.25) is 0 Å². The first-order chi connectivity index (χ1) is 18.2. The topological polar surface area (TPSA) is 140 Å². The Morgan fingerprint density at radius 1 is 1.00 bits per heavy atom. The van der Waals surface area contributed by atoms with Crippen LogP contribution in [0.5, 0.6) is 0 Å². The van der Waals surface area contributed by atoms with E-state index in [0.717, 1.165) is 22.0 Å². The number of aryl methyl sites for hydroxylation is 1. The Morgan fingerprint density at radius 3 is 2.39 bits per heavy atom. The van der Waals surface area contributed by atoms with Crippen LogP contribution in [-0.4, -0.2) is 43.9 Å². The van der Waals surface area contributed by atoms with E-state index in [0.29, 0.717) is 24.4 Å². The molecule has 0 aliphatic carbocycles. The van der Waals surface area contributed by atoms with Gasteiger partial charge in [-0.25, -0.2) is 9.78 Å². The number of aromatic nitrogens is 3. The van der Waals surface area contributed by atoms with Crippen molar-refractivity contribution in [2.45, 2.75) is 52.1 Å². The number of carbonyl (C=O) groups is 3. The molecule has 4 aromatic rings. The molecule has 0 saturated carbocycles. The molecule has 0 spiro atoms. The fourth-order valence-electron chi connectivity index (χ4n) is 4.60. The molecule has 9 heteroatoms. The molecule has 38 heavy (non-hydrogen) atoms. The maximum Gasteiger partial charge on any atom is 0.356 e. The molecule has 2 heterocycles. The molecule has 0 fully saturated rings. The van der Waals surface area contributed by atoms with Crippen molar-refractivity contribution in [2.24, 2.45) is 5.92 Å². The summed E-state index contributed by atoms with van der Waals surface area (Å²) in [6.07, 6.45) is 2.86. The predicted octanol–water partition coefficient (Wildman–Crippen LogP) is 4.07. The lowest BCUT2D eigenvalue weighted by Gasteiger charge is -2.24. The lowest BCUT2D eigenvalue weighted by Crippen LogP contribution is -2.49. The number of benzene rings is 2. The number of carboxylic acids is 1. The van der Waals surface area contributed by atoms with Crippen LogP contribution < -0.4 is 10.6 Å². The van der Waals surface area contributed by atoms with Gasteiger partial charge in [0.25, 0.3) is 0 Å². The van der Waals surface area contributed by atoms with Gasteiger partial charge in [0.05, 0.1) is 12.5 Å². The van der Waals surface area contributed by atoms with Crippen LogP contribution in [0.25, 0.3) is 10.9 Å². The SMILES string of the molecule is Cc1[nH]c([C@@H](Cc2c[nH]c3ccccc23)NC(=O)[C@H](CC(C)C)NC(=O)Cc2ccccc2)nc1C(=O)O. The molecule has 5 N–H and O–H groups in total. The summed E-state index contributed by atoms with van der Waals surface area (Å²) >= 11 is 0. The smallest absolute Gasteiger partial charge is 0.356 e. The zero-order valence-electron chi connectivity index (χ0n) is 21.7. The van der Waals surface area contributed by atoms with Crippen molar-refractivity contribution in [3.8, 4) is 0 Å². The predicted molar refractivity (Wildman–Crippen MR) is 145 cm³/mol. The number of aromatic carboxylic acids is 1. The van der Waals surface area contributed by atoms with E-state index < -0.39 is 18.1 Å². The van der Waals surface area contributed by atoms with Crippen LogP contribution in [0.1, 0.15) is 59.4 Å². The van der Waals surface area contributed by atoms with E-state index >= 15 is 0 Å². The highest BCUT2D eigenvalue weighted by atomic mass is 16.4. The van der Waals surface area contributed by atoms with E-state index in [9.17, 15) is 19.5 Å². The first-order valence-electron chi connectivity index (χ1n) is 12.7. The average molecular weight is 516 g/mol. The lowest BCUT2D eigenvalue weighted by molar-refractivity contribution is -0.129. The molecule has 0 radical (unpaired) electrons. The van der Waals surface area contributed by atoms with Crippen molar-refractivity contribution in [2.75, 3.05) is 0 Å². The number of H-pyrrole nitrogens is 2. The van der Waals surface area contributed by atoms with Gasteiger partial charge in [-0.2, -0.15) is 0 Å². The van der Waals surface area contributed by atoms with Crippen molar-refractivity contribution < 1.29 is 19.5 Å². The second kappa shape index (κ2) is 11.8. The van der Waals surface area contributed by atoms with Crippen molar-refractivity contribution in [3.05, 3.63) is 89.1 Å². The minimum Gasteiger partial charge on any atom is -0.476 e. The molecule has 2 aromatic carbocycles. The number of imidazole rings is 1. The van der Waals surface area contributed by atoms with E-state index in [1.807, 2.05) is 74.6 Å². The minimum atomic E-state index is -1.15. The summed E-state index contributed by atoms with van der Waals surface area (Å²) in [6, 6.07) is 15.8. The minimum absolute atomic E-state index is 0.0898. The molecule has 198 valence electrons. The molecule has 0 aliphatic heterocycles. The number of hydrogen-bond donors (Lipinski definition) is 5. The molecule has 0 aliphatic rings. The van der Waals surface area contributed by atoms with Gasteiger partial charge in [-0.05, 0) is 36.5 Å². The van der Waals surface area contributed by atoms with E-state index in [1.165, 1.54) is 0 Å². The zero-order valence-corrected chi connectivity index (χ0v) is 21.7. The van der Waals surface area contributed by atoms with Gasteiger partial charge in [0.15, 0.2) is 5.69 Å². The monoisotopic (exact) mass is 515 g/mol. The van der Waals surface area contributed by atoms with Crippen molar-refractivity contribution in [3.63, 3.8) is 0 Å². The molecule has 0 bridgehead atoms. The number of hydrogen-bond acceptors (Lipinski definition) is 4. The summed E-state index contributed by atoms with van der Waals surface area (Å²) in [6.45, 7) is 5.61. The molecule has 0 saturated heterocycles. The second-order valence-electron chi connectivity index (χ2n) is 9.94. The maximum absolute atomic E-state index is 13.6. The number of carboxylic acid groups (broad SMARTS) is 1. The summed E-state index contributed by atoms with van der Waals surface area (Å²) in [5.74, 6) is -1.24. The molecular weight excluding hydrogens is 482 g/mol. The number of nitrogens with one attached hydrogen (secondary N) is 4. The van der Waals surface area contributed by atoms with Gasteiger partial charge in [-0.3, -0.25) is 9.59 Å². The number of rotatable bonds is 11. The van der Waals surface area contributed by atoms with E-state index in [1.54, 1.807) is 6.92 Å². The Hall–Kier alpha value is -4.40. The quantitative estimate of drug-likeness (QED) is 0.205. The van der Waals surface area contributed by atoms with Gasteiger partial charge >= 0.3 is 5.97 Å². The Balaban J connectivity index is 1.59. The van der Waals surface area contributed by atoms with Crippen molar-refractivity contribution >= 4 is 28.7 Å². The Labute approximate surface area is 221 Å². The number of aromatic amines is 2. The first kappa shape index (κ1) is 26.7. The van der Waals surface area contributed by atoms with Crippen molar-refractivity contribution in [1.82, 2.24) is 25.6 Å². The summed E-state index contributed by atoms with van der Waals surface area (Å²) in [5.41, 5.74) is 3.08. The number of amides is 2. The third-order valence-electron chi connectivity index (χ3n) is 6.42. The number of para-hydroxylation sites is 1. The number of fused-ring (bicyclic) bond motifs is 1. The summed E-state index contributed by atoms with van der Waals surface area (Å²) in [5, 5.41) is 16.5. The fourth-order valence-corrected chi connectivity index (χ4v) is 4.60. The van der Waals surface area contributed by atoms with E-state index in [-0.39, 0.29) is 29.8 Å². The normalized spacial score (nSPS) is 12.8. The Morgan fingerprint density at radius 2 is 1.71 bits per heavy atom. The molecule has 4 rings (SSSR count). The largest absolute Gasteiger partial charge is 0.476 e. The van der Waals surface area contributed by atoms with E-state index in [2.05, 4.69) is 25.6 Å². The third kappa shape index (κ3) is 6.47. The lowest BCUT2D eigenvalue weighted by atomic mass is 10.0. The van der Waals surface area contributed by atoms with Gasteiger partial charge in [0, 0.05) is 29.2 Å². The van der Waals surface area contributed by atoms with Gasteiger partial charge in [0.2, 0.25) is 11.8 Å². The molecule has 2 aromatic heterocycles. The highest BCUT2D eigenvalue weighted by Gasteiger charge is 2.28. The molecule has 9 nitrogen and oxygen atoms in total. The van der Waals surface area contributed by atoms with Gasteiger partial charge in [-0.15, -0.1) is 0 Å². The fraction of sp³-hybridized carbons (Fsp3) is 0.310. The molecule has 0 unspecified atom stereocenters. The standard InChI is InChI=1S/C29H33N5O4/c1-17(2)13-24(32-25(35)14-19-9-5-4-6-10-19)28(36)33-23(27-31-18(3)26(34-27)29(37)38)15-20-16-30-22-12-8-7-11-21(20)22/h4-12,16-17,23-24,30H,13-15H2,1-3H3,(H,31,34)(H,32,35)(H,33,36)(H,37,38)/t23-,24+/m1/s1. The highest BCUT2D eigenvalue weighted by Crippen LogP contribution is 2.24. The van der Waals surface area contributed by atoms with Crippen LogP contribution in [-0.2, 0) is 22.4 Å². The Kier molecular flexibility index (Phi) is 8.25. The average Bonchev–Trinajstić information content (AvgIpc) is 3.47. The third-order valence-corrected chi connectivity index (χ3v) is 6.42. The maximum atomic E-state index is 13.6. The highest BCUT2D eigenvalue weighted by molar-refractivity contribution is 5.89. The van der Waals surface area contributed by atoms with Gasteiger partial charge in [-0.1, -0.05) is 62.4 Å². The molecular formula is C29H33N5O4. The zero-order chi connectivity index (χ0) is 27.2. The van der Waals surface area contributed by atoms with Gasteiger partial charge < -0.3 is 25.7 Å². The number of nitrogens with zero attached hydrogens (tertiary/aromatic N) is 1.